The molecule has 4 N–H and O–H groups in total. The zero-order valence-electron chi connectivity index (χ0n) is 13.1. The Labute approximate surface area is 160 Å². The lowest BCUT2D eigenvalue weighted by Crippen LogP contribution is -2.05. The van der Waals surface area contributed by atoms with E-state index in [1.54, 1.807) is 18.2 Å². The molecule has 128 valence electrons. The third-order valence-electron chi connectivity index (χ3n) is 3.50. The lowest BCUT2D eigenvalue weighted by atomic mass is 10.2. The molecule has 3 rings (SSSR count). The van der Waals surface area contributed by atoms with Crippen LogP contribution in [0.4, 0.5) is 28.7 Å². The molecule has 1 aromatic heterocycles. The van der Waals surface area contributed by atoms with Gasteiger partial charge in [0.2, 0.25) is 0 Å². The molecule has 0 saturated heterocycles. The molecule has 8 heteroatoms. The number of nitrogens with two attached hydrogens (primary N) is 1. The minimum atomic E-state index is 0.352. The molecule has 0 amide bonds. The minimum absolute atomic E-state index is 0.352. The maximum atomic E-state index is 6.17. The Kier molecular flexibility index (Phi) is 5.18. The summed E-state index contributed by atoms with van der Waals surface area (Å²) in [7, 11) is 0. The van der Waals surface area contributed by atoms with Gasteiger partial charge in [0.25, 0.3) is 0 Å². The lowest BCUT2D eigenvalue weighted by Gasteiger charge is -2.14. The van der Waals surface area contributed by atoms with Gasteiger partial charge < -0.3 is 16.4 Å². The van der Waals surface area contributed by atoms with E-state index in [0.29, 0.717) is 38.1 Å². The molecule has 0 atom stereocenters. The van der Waals surface area contributed by atoms with Gasteiger partial charge in [-0.3, -0.25) is 0 Å². The Balaban J connectivity index is 1.87. The zero-order chi connectivity index (χ0) is 18.0. The van der Waals surface area contributed by atoms with Crippen LogP contribution in [0.25, 0.3) is 0 Å². The van der Waals surface area contributed by atoms with Crippen LogP contribution in [0.15, 0.2) is 42.7 Å². The first-order chi connectivity index (χ1) is 11.9. The van der Waals surface area contributed by atoms with Crippen LogP contribution < -0.4 is 16.4 Å². The van der Waals surface area contributed by atoms with Crippen LogP contribution >= 0.6 is 34.8 Å². The van der Waals surface area contributed by atoms with Gasteiger partial charge >= 0.3 is 0 Å². The quantitative estimate of drug-likeness (QED) is 0.520. The van der Waals surface area contributed by atoms with Crippen molar-refractivity contribution in [1.29, 1.82) is 0 Å². The van der Waals surface area contributed by atoms with Crippen molar-refractivity contribution >= 4 is 63.5 Å². The molecule has 1 heterocycles. The van der Waals surface area contributed by atoms with Crippen molar-refractivity contribution in [2.45, 2.75) is 6.92 Å². The van der Waals surface area contributed by atoms with E-state index < -0.39 is 0 Å². The number of nitrogen functional groups attached to an aromatic ring is 1. The summed E-state index contributed by atoms with van der Waals surface area (Å²) in [5, 5.41) is 7.88. The maximum absolute atomic E-state index is 6.17. The second-order valence-electron chi connectivity index (χ2n) is 5.32. The van der Waals surface area contributed by atoms with Crippen molar-refractivity contribution in [2.75, 3.05) is 16.4 Å². The highest BCUT2D eigenvalue weighted by Gasteiger charge is 2.11. The number of anilines is 5. The van der Waals surface area contributed by atoms with Gasteiger partial charge in [-0.1, -0.05) is 40.9 Å². The summed E-state index contributed by atoms with van der Waals surface area (Å²) in [5.41, 5.74) is 8.93. The minimum Gasteiger partial charge on any atom is -0.393 e. The number of nitrogens with zero attached hydrogens (tertiary/aromatic N) is 2. The largest absolute Gasteiger partial charge is 0.393 e. The average molecular weight is 395 g/mol. The summed E-state index contributed by atoms with van der Waals surface area (Å²) in [6.07, 6.45) is 1.40. The van der Waals surface area contributed by atoms with Gasteiger partial charge in [0.05, 0.1) is 10.7 Å². The van der Waals surface area contributed by atoms with E-state index in [9.17, 15) is 0 Å². The molecule has 25 heavy (non-hydrogen) atoms. The fraction of sp³-hybridized carbons (Fsp3) is 0.0588. The molecule has 0 saturated carbocycles. The van der Waals surface area contributed by atoms with E-state index in [2.05, 4.69) is 20.6 Å². The van der Waals surface area contributed by atoms with Crippen molar-refractivity contribution in [3.05, 3.63) is 63.4 Å². The number of halogens is 3. The summed E-state index contributed by atoms with van der Waals surface area (Å²) < 4.78 is 0. The number of hydrogen-bond acceptors (Lipinski definition) is 5. The highest BCUT2D eigenvalue weighted by Crippen LogP contribution is 2.32. The van der Waals surface area contributed by atoms with Gasteiger partial charge in [-0.15, -0.1) is 0 Å². The fourth-order valence-corrected chi connectivity index (χ4v) is 2.76. The highest BCUT2D eigenvalue weighted by atomic mass is 35.5. The van der Waals surface area contributed by atoms with Crippen LogP contribution in [-0.2, 0) is 0 Å². The number of benzene rings is 2. The van der Waals surface area contributed by atoms with Crippen molar-refractivity contribution in [1.82, 2.24) is 9.97 Å². The first kappa shape index (κ1) is 17.6. The second kappa shape index (κ2) is 7.35. The Morgan fingerprint density at radius 2 is 1.60 bits per heavy atom. The molecular formula is C17H14Cl3N5. The van der Waals surface area contributed by atoms with Crippen molar-refractivity contribution in [3.8, 4) is 0 Å². The van der Waals surface area contributed by atoms with Crippen molar-refractivity contribution in [3.63, 3.8) is 0 Å². The van der Waals surface area contributed by atoms with E-state index in [1.807, 2.05) is 25.1 Å². The number of aryl methyl sites for hydroxylation is 1. The Bertz CT molecular complexity index is 930. The molecule has 0 spiro atoms. The van der Waals surface area contributed by atoms with Gasteiger partial charge in [0.1, 0.15) is 12.0 Å². The second-order valence-corrected chi connectivity index (χ2v) is 6.57. The van der Waals surface area contributed by atoms with Crippen molar-refractivity contribution < 1.29 is 0 Å². The summed E-state index contributed by atoms with van der Waals surface area (Å²) in [5.74, 6) is 0.891. The third-order valence-corrected chi connectivity index (χ3v) is 4.46. The van der Waals surface area contributed by atoms with Crippen LogP contribution in [0.1, 0.15) is 5.56 Å². The third kappa shape index (κ3) is 4.07. The first-order valence-corrected chi connectivity index (χ1v) is 8.43. The van der Waals surface area contributed by atoms with E-state index in [-0.39, 0.29) is 0 Å². The summed E-state index contributed by atoms with van der Waals surface area (Å²) in [6.45, 7) is 1.93. The van der Waals surface area contributed by atoms with Crippen LogP contribution in [0, 0.1) is 6.92 Å². The summed E-state index contributed by atoms with van der Waals surface area (Å²) in [4.78, 5) is 8.35. The monoisotopic (exact) mass is 393 g/mol. The van der Waals surface area contributed by atoms with E-state index in [0.717, 1.165) is 11.3 Å². The first-order valence-electron chi connectivity index (χ1n) is 7.30. The molecule has 0 aliphatic carbocycles. The predicted octanol–water partition coefficient (Wildman–Crippen LogP) is 5.81. The topological polar surface area (TPSA) is 75.9 Å². The van der Waals surface area contributed by atoms with E-state index in [4.69, 9.17) is 40.5 Å². The zero-order valence-corrected chi connectivity index (χ0v) is 15.4. The summed E-state index contributed by atoms with van der Waals surface area (Å²) >= 11 is 18.2. The summed E-state index contributed by atoms with van der Waals surface area (Å²) in [6, 6.07) is 10.7. The van der Waals surface area contributed by atoms with Crippen LogP contribution in [0.5, 0.6) is 0 Å². The standard InChI is InChI=1S/C17H14Cl3N5/c1-9-2-4-11(7-12(9)19)24-16-15(21)17(23-8-22-16)25-14-5-3-10(18)6-13(14)20/h2-8H,21H2,1H3,(H2,22,23,24,25). The molecule has 0 aliphatic rings. The van der Waals surface area contributed by atoms with Gasteiger partial charge in [-0.2, -0.15) is 0 Å². The maximum Gasteiger partial charge on any atom is 0.159 e. The van der Waals surface area contributed by atoms with Crippen LogP contribution in [0.2, 0.25) is 15.1 Å². The Morgan fingerprint density at radius 1 is 0.880 bits per heavy atom. The Hall–Kier alpha value is -2.21. The molecule has 0 bridgehead atoms. The molecule has 3 aromatic rings. The Morgan fingerprint density at radius 3 is 2.28 bits per heavy atom. The van der Waals surface area contributed by atoms with Gasteiger partial charge in [-0.05, 0) is 42.8 Å². The number of nitrogens with one attached hydrogen (secondary N) is 2. The molecule has 2 aromatic carbocycles. The van der Waals surface area contributed by atoms with Crippen molar-refractivity contribution in [2.24, 2.45) is 0 Å². The van der Waals surface area contributed by atoms with Crippen LogP contribution in [0.3, 0.4) is 0 Å². The molecule has 0 fully saturated rings. The molecular weight excluding hydrogens is 381 g/mol. The number of hydrogen-bond donors (Lipinski definition) is 3. The highest BCUT2D eigenvalue weighted by molar-refractivity contribution is 6.36. The fourth-order valence-electron chi connectivity index (χ4n) is 2.12. The van der Waals surface area contributed by atoms with Gasteiger partial charge in [0.15, 0.2) is 11.6 Å². The van der Waals surface area contributed by atoms with Gasteiger partial charge in [0, 0.05) is 15.7 Å². The predicted molar refractivity (Wildman–Crippen MR) is 106 cm³/mol. The smallest absolute Gasteiger partial charge is 0.159 e. The molecule has 0 unspecified atom stereocenters. The molecule has 0 aliphatic heterocycles. The van der Waals surface area contributed by atoms with Crippen LogP contribution in [-0.4, -0.2) is 9.97 Å². The normalized spacial score (nSPS) is 10.6. The van der Waals surface area contributed by atoms with E-state index >= 15 is 0 Å². The van der Waals surface area contributed by atoms with Gasteiger partial charge in [-0.25, -0.2) is 9.97 Å². The average Bonchev–Trinajstić information content (AvgIpc) is 2.57. The number of aromatic nitrogens is 2. The van der Waals surface area contributed by atoms with E-state index in [1.165, 1.54) is 6.33 Å². The molecule has 5 nitrogen and oxygen atoms in total. The lowest BCUT2D eigenvalue weighted by molar-refractivity contribution is 1.17. The number of rotatable bonds is 4. The SMILES string of the molecule is Cc1ccc(Nc2ncnc(Nc3ccc(Cl)cc3Cl)c2N)cc1Cl. The molecule has 0 radical (unpaired) electrons.